The van der Waals surface area contributed by atoms with Crippen LogP contribution >= 0.6 is 28.1 Å². The summed E-state index contributed by atoms with van der Waals surface area (Å²) in [7, 11) is 1.72. The largest absolute Gasteiger partial charge is 0.492 e. The van der Waals surface area contributed by atoms with Crippen LogP contribution in [-0.2, 0) is 6.54 Å². The van der Waals surface area contributed by atoms with Crippen molar-refractivity contribution in [3.63, 3.8) is 0 Å². The minimum Gasteiger partial charge on any atom is -0.492 e. The molecule has 0 atom stereocenters. The lowest BCUT2D eigenvalue weighted by Gasteiger charge is -2.23. The van der Waals surface area contributed by atoms with Gasteiger partial charge in [-0.25, -0.2) is 0 Å². The molecule has 0 spiro atoms. The Morgan fingerprint density at radius 3 is 2.41 bits per heavy atom. The Bertz CT molecular complexity index is 1220. The molecule has 2 N–H and O–H groups in total. The van der Waals surface area contributed by atoms with E-state index < -0.39 is 0 Å². The first kappa shape index (κ1) is 28.3. The normalized spacial score (nSPS) is 10.5. The molecule has 3 aromatic rings. The maximum atomic E-state index is 12.9. The molecule has 0 bridgehead atoms. The van der Waals surface area contributed by atoms with Crippen molar-refractivity contribution in [2.45, 2.75) is 39.2 Å². The Balaban J connectivity index is 1.61. The van der Waals surface area contributed by atoms with Gasteiger partial charge in [0.1, 0.15) is 5.75 Å². The van der Waals surface area contributed by atoms with Crippen molar-refractivity contribution in [2.24, 2.45) is 0 Å². The number of amides is 2. The third-order valence-electron chi connectivity index (χ3n) is 5.78. The van der Waals surface area contributed by atoms with Gasteiger partial charge in [0, 0.05) is 19.2 Å². The summed E-state index contributed by atoms with van der Waals surface area (Å²) in [5.74, 6) is 0.121. The van der Waals surface area contributed by atoms with E-state index in [0.717, 1.165) is 18.4 Å². The molecule has 0 unspecified atom stereocenters. The number of hydrogen-bond donors (Lipinski definition) is 2. The Hall–Kier alpha value is -3.23. The van der Waals surface area contributed by atoms with Crippen LogP contribution in [0.25, 0.3) is 0 Å². The van der Waals surface area contributed by atoms with Crippen LogP contribution in [0.15, 0.2) is 77.3 Å². The van der Waals surface area contributed by atoms with Crippen molar-refractivity contribution < 1.29 is 14.3 Å². The molecule has 0 saturated heterocycles. The molecule has 3 aromatic carbocycles. The average molecular weight is 583 g/mol. The van der Waals surface area contributed by atoms with Gasteiger partial charge in [0.2, 0.25) is 0 Å². The van der Waals surface area contributed by atoms with Gasteiger partial charge in [-0.05, 0) is 70.5 Å². The summed E-state index contributed by atoms with van der Waals surface area (Å²) in [5.41, 5.74) is 2.49. The minimum atomic E-state index is -0.349. The highest BCUT2D eigenvalue weighted by Crippen LogP contribution is 2.26. The first-order valence-electron chi connectivity index (χ1n) is 12.3. The first-order valence-corrected chi connectivity index (χ1v) is 13.5. The van der Waals surface area contributed by atoms with Gasteiger partial charge in [-0.15, -0.1) is 0 Å². The molecule has 194 valence electrons. The predicted molar refractivity (Wildman–Crippen MR) is 156 cm³/mol. The summed E-state index contributed by atoms with van der Waals surface area (Å²) in [6, 6.07) is 22.0. The van der Waals surface area contributed by atoms with Crippen LogP contribution in [0.5, 0.6) is 5.75 Å². The second kappa shape index (κ2) is 14.5. The molecule has 0 aliphatic carbocycles. The Morgan fingerprint density at radius 1 is 0.946 bits per heavy atom. The fourth-order valence-corrected chi connectivity index (χ4v) is 4.35. The lowest BCUT2D eigenvalue weighted by Crippen LogP contribution is -2.41. The Kier molecular flexibility index (Phi) is 11.1. The lowest BCUT2D eigenvalue weighted by atomic mass is 10.1. The van der Waals surface area contributed by atoms with Crippen molar-refractivity contribution in [3.8, 4) is 5.75 Å². The number of halogens is 1. The molecule has 0 aromatic heterocycles. The molecule has 8 heteroatoms. The molecular formula is C29H32BrN3O3S. The SMILES string of the molecule is CCCCCCOc1ccc(C(=O)NC(=S)N(C)c2ccccc2C(=O)NCc2ccccc2)cc1Br. The van der Waals surface area contributed by atoms with Gasteiger partial charge in [-0.1, -0.05) is 68.7 Å². The molecule has 3 rings (SSSR count). The monoisotopic (exact) mass is 581 g/mol. The standard InChI is InChI=1S/C29H32BrN3O3S/c1-3-4-5-11-18-36-26-17-16-22(19-24(26)30)27(34)32-29(37)33(2)25-15-10-9-14-23(25)28(35)31-20-21-12-7-6-8-13-21/h6-10,12-17,19H,3-5,11,18,20H2,1-2H3,(H,31,35)(H,32,34,37). The number of para-hydroxylation sites is 1. The van der Waals surface area contributed by atoms with Crippen LogP contribution in [0.4, 0.5) is 5.69 Å². The number of benzene rings is 3. The van der Waals surface area contributed by atoms with Crippen molar-refractivity contribution >= 4 is 50.8 Å². The van der Waals surface area contributed by atoms with Crippen LogP contribution in [0.2, 0.25) is 0 Å². The van der Waals surface area contributed by atoms with Crippen LogP contribution in [0.1, 0.15) is 58.9 Å². The zero-order chi connectivity index (χ0) is 26.6. The van der Waals surface area contributed by atoms with Crippen molar-refractivity contribution in [3.05, 3.63) is 94.0 Å². The van der Waals surface area contributed by atoms with Crippen LogP contribution < -0.4 is 20.3 Å². The van der Waals surface area contributed by atoms with Gasteiger partial charge >= 0.3 is 0 Å². The number of unbranched alkanes of at least 4 members (excludes halogenated alkanes) is 3. The topological polar surface area (TPSA) is 70.7 Å². The van der Waals surface area contributed by atoms with Crippen molar-refractivity contribution in [1.82, 2.24) is 10.6 Å². The van der Waals surface area contributed by atoms with E-state index in [1.54, 1.807) is 48.3 Å². The van der Waals surface area contributed by atoms with Gasteiger partial charge < -0.3 is 15.0 Å². The zero-order valence-corrected chi connectivity index (χ0v) is 23.5. The maximum absolute atomic E-state index is 12.9. The maximum Gasteiger partial charge on any atom is 0.257 e. The van der Waals surface area contributed by atoms with E-state index in [1.807, 2.05) is 36.4 Å². The molecule has 0 saturated carbocycles. The Labute approximate surface area is 232 Å². The second-order valence-electron chi connectivity index (χ2n) is 8.56. The van der Waals surface area contributed by atoms with Crippen LogP contribution in [-0.4, -0.2) is 30.6 Å². The van der Waals surface area contributed by atoms with E-state index in [1.165, 1.54) is 12.8 Å². The molecule has 0 heterocycles. The highest BCUT2D eigenvalue weighted by Gasteiger charge is 2.19. The number of rotatable bonds is 11. The van der Waals surface area contributed by atoms with Gasteiger partial charge in [-0.2, -0.15) is 0 Å². The Morgan fingerprint density at radius 2 is 1.68 bits per heavy atom. The van der Waals surface area contributed by atoms with Gasteiger partial charge in [0.05, 0.1) is 22.3 Å². The number of carbonyl (C=O) groups is 2. The fraction of sp³-hybridized carbons (Fsp3) is 0.276. The lowest BCUT2D eigenvalue weighted by molar-refractivity contribution is 0.0949. The quantitative estimate of drug-likeness (QED) is 0.200. The summed E-state index contributed by atoms with van der Waals surface area (Å²) in [4.78, 5) is 27.4. The number of hydrogen-bond acceptors (Lipinski definition) is 4. The average Bonchev–Trinajstić information content (AvgIpc) is 2.92. The van der Waals surface area contributed by atoms with E-state index >= 15 is 0 Å². The van der Waals surface area contributed by atoms with Crippen LogP contribution in [0, 0.1) is 0 Å². The summed E-state index contributed by atoms with van der Waals surface area (Å²) < 4.78 is 6.53. The summed E-state index contributed by atoms with van der Waals surface area (Å²) in [5, 5.41) is 5.88. The zero-order valence-electron chi connectivity index (χ0n) is 21.1. The predicted octanol–water partition coefficient (Wildman–Crippen LogP) is 6.49. The summed E-state index contributed by atoms with van der Waals surface area (Å²) in [6.45, 7) is 3.22. The van der Waals surface area contributed by atoms with Gasteiger partial charge in [0.15, 0.2) is 5.11 Å². The number of anilines is 1. The molecule has 2 amide bonds. The smallest absolute Gasteiger partial charge is 0.257 e. The van der Waals surface area contributed by atoms with Crippen molar-refractivity contribution in [2.75, 3.05) is 18.6 Å². The molecular weight excluding hydrogens is 550 g/mol. The van der Waals surface area contributed by atoms with E-state index in [0.29, 0.717) is 40.2 Å². The van der Waals surface area contributed by atoms with E-state index in [2.05, 4.69) is 33.5 Å². The van der Waals surface area contributed by atoms with E-state index in [9.17, 15) is 9.59 Å². The first-order chi connectivity index (χ1) is 17.9. The molecule has 0 radical (unpaired) electrons. The third kappa shape index (κ3) is 8.40. The van der Waals surface area contributed by atoms with E-state index in [4.69, 9.17) is 17.0 Å². The molecule has 0 aliphatic heterocycles. The second-order valence-corrected chi connectivity index (χ2v) is 9.80. The summed E-state index contributed by atoms with van der Waals surface area (Å²) in [6.07, 6.45) is 4.50. The number of thiocarbonyl (C=S) groups is 1. The molecule has 6 nitrogen and oxygen atoms in total. The number of ether oxygens (including phenoxy) is 1. The van der Waals surface area contributed by atoms with Crippen molar-refractivity contribution in [1.29, 1.82) is 0 Å². The number of nitrogens with one attached hydrogen (secondary N) is 2. The molecule has 37 heavy (non-hydrogen) atoms. The van der Waals surface area contributed by atoms with E-state index in [-0.39, 0.29) is 16.9 Å². The summed E-state index contributed by atoms with van der Waals surface area (Å²) >= 11 is 8.99. The highest BCUT2D eigenvalue weighted by molar-refractivity contribution is 9.10. The minimum absolute atomic E-state index is 0.181. The highest BCUT2D eigenvalue weighted by atomic mass is 79.9. The third-order valence-corrected chi connectivity index (χ3v) is 6.78. The van der Waals surface area contributed by atoms with Gasteiger partial charge in [-0.3, -0.25) is 14.9 Å². The number of carbonyl (C=O) groups excluding carboxylic acids is 2. The fourth-order valence-electron chi connectivity index (χ4n) is 3.66. The van der Waals surface area contributed by atoms with Gasteiger partial charge in [0.25, 0.3) is 11.8 Å². The number of nitrogens with zero attached hydrogens (tertiary/aromatic N) is 1. The van der Waals surface area contributed by atoms with Crippen LogP contribution in [0.3, 0.4) is 0 Å². The molecule has 0 fully saturated rings. The molecule has 0 aliphatic rings.